The van der Waals surface area contributed by atoms with E-state index in [1.165, 1.54) is 31.9 Å². The quantitative estimate of drug-likeness (QED) is 0.174. The smallest absolute Gasteiger partial charge is 0.331 e. The maximum Gasteiger partial charge on any atom is 0.331 e. The van der Waals surface area contributed by atoms with Gasteiger partial charge in [-0.3, -0.25) is 4.79 Å². The average Bonchev–Trinajstić information content (AvgIpc) is 3.57. The molecule has 1 aliphatic carbocycles. The van der Waals surface area contributed by atoms with Crippen LogP contribution in [0.2, 0.25) is 0 Å². The highest BCUT2D eigenvalue weighted by atomic mass is 16.5. The number of carbonyl (C=O) groups excluding carboxylic acids is 1. The SMILES string of the molecule is COc1cccc(-c2nc3cc(C(=O)N[C@H](C(=O)O)c4c[nH]c5ccc(O)cc45)ccc3n2C2CCCCC2)c1O. The highest BCUT2D eigenvalue weighted by Crippen LogP contribution is 2.41. The number of H-pyrrole nitrogens is 1. The Morgan fingerprint density at radius 1 is 1.07 bits per heavy atom. The van der Waals surface area contributed by atoms with E-state index in [1.54, 1.807) is 36.4 Å². The standard InChI is InChI=1S/C31H30N4O6/c1-41-26-9-5-8-20(28(26)37)29-33-24-14-17(10-13-25(24)35(29)18-6-3-2-4-7-18)30(38)34-27(31(39)40)22-16-32-23-12-11-19(36)15-21(22)23/h5,8-16,18,27,32,36-37H,2-4,6-7H2,1H3,(H,34,38)(H,39,40)/t27-/m0/s1. The van der Waals surface area contributed by atoms with E-state index in [2.05, 4.69) is 14.9 Å². The summed E-state index contributed by atoms with van der Waals surface area (Å²) in [6.07, 6.45) is 6.84. The van der Waals surface area contributed by atoms with E-state index in [0.29, 0.717) is 39.1 Å². The number of imidazole rings is 1. The van der Waals surface area contributed by atoms with Gasteiger partial charge in [0.15, 0.2) is 17.5 Å². The zero-order valence-corrected chi connectivity index (χ0v) is 22.4. The van der Waals surface area contributed by atoms with Gasteiger partial charge < -0.3 is 34.9 Å². The van der Waals surface area contributed by atoms with Crippen molar-refractivity contribution in [3.8, 4) is 28.6 Å². The molecule has 2 heterocycles. The van der Waals surface area contributed by atoms with Crippen molar-refractivity contribution in [3.05, 3.63) is 71.9 Å². The van der Waals surface area contributed by atoms with Crippen molar-refractivity contribution < 1.29 is 29.6 Å². The van der Waals surface area contributed by atoms with Gasteiger partial charge in [-0.1, -0.05) is 25.3 Å². The number of amides is 1. The van der Waals surface area contributed by atoms with Crippen molar-refractivity contribution >= 4 is 33.8 Å². The second-order valence-electron chi connectivity index (χ2n) is 10.4. The highest BCUT2D eigenvalue weighted by Gasteiger charge is 2.28. The fourth-order valence-corrected chi connectivity index (χ4v) is 5.86. The molecular formula is C31H30N4O6. The fourth-order valence-electron chi connectivity index (χ4n) is 5.86. The van der Waals surface area contributed by atoms with Gasteiger partial charge in [-0.25, -0.2) is 9.78 Å². The largest absolute Gasteiger partial charge is 0.508 e. The number of para-hydroxylation sites is 1. The maximum absolute atomic E-state index is 13.4. The van der Waals surface area contributed by atoms with Crippen LogP contribution in [0.15, 0.2) is 60.8 Å². The molecule has 41 heavy (non-hydrogen) atoms. The lowest BCUT2D eigenvalue weighted by atomic mass is 9.94. The summed E-state index contributed by atoms with van der Waals surface area (Å²) in [4.78, 5) is 33.5. The molecule has 5 N–H and O–H groups in total. The number of phenols is 2. The molecule has 2 aromatic heterocycles. The third-order valence-corrected chi connectivity index (χ3v) is 7.88. The molecule has 0 unspecified atom stereocenters. The zero-order chi connectivity index (χ0) is 28.7. The predicted molar refractivity (Wildman–Crippen MR) is 153 cm³/mol. The summed E-state index contributed by atoms with van der Waals surface area (Å²) in [5.74, 6) is -0.897. The number of benzene rings is 3. The van der Waals surface area contributed by atoms with Gasteiger partial charge in [0.1, 0.15) is 11.6 Å². The Bertz CT molecular complexity index is 1780. The molecule has 1 amide bonds. The van der Waals surface area contributed by atoms with Crippen LogP contribution in [0.3, 0.4) is 0 Å². The zero-order valence-electron chi connectivity index (χ0n) is 22.4. The Kier molecular flexibility index (Phi) is 6.74. The molecule has 1 fully saturated rings. The van der Waals surface area contributed by atoms with Crippen molar-refractivity contribution in [1.29, 1.82) is 0 Å². The minimum Gasteiger partial charge on any atom is -0.508 e. The minimum absolute atomic E-state index is 0.00519. The van der Waals surface area contributed by atoms with Gasteiger partial charge in [0.25, 0.3) is 5.91 Å². The van der Waals surface area contributed by atoms with Gasteiger partial charge in [0, 0.05) is 34.3 Å². The second kappa shape index (κ2) is 10.5. The van der Waals surface area contributed by atoms with E-state index >= 15 is 0 Å². The number of methoxy groups -OCH3 is 1. The minimum atomic E-state index is -1.35. The Morgan fingerprint density at radius 3 is 2.63 bits per heavy atom. The molecule has 1 atom stereocenters. The number of ether oxygens (including phenoxy) is 1. The first-order valence-corrected chi connectivity index (χ1v) is 13.6. The van der Waals surface area contributed by atoms with Crippen LogP contribution in [-0.2, 0) is 4.79 Å². The number of phenolic OH excluding ortho intramolecular Hbond substituents is 2. The number of nitrogens with one attached hydrogen (secondary N) is 2. The van der Waals surface area contributed by atoms with Crippen LogP contribution in [0.5, 0.6) is 17.2 Å². The van der Waals surface area contributed by atoms with Gasteiger partial charge in [-0.05, 0) is 61.4 Å². The number of aromatic amines is 1. The third kappa shape index (κ3) is 4.71. The molecule has 0 bridgehead atoms. The first-order valence-electron chi connectivity index (χ1n) is 13.6. The lowest BCUT2D eigenvalue weighted by Gasteiger charge is -2.26. The Morgan fingerprint density at radius 2 is 1.88 bits per heavy atom. The Balaban J connectivity index is 1.40. The van der Waals surface area contributed by atoms with E-state index < -0.39 is 17.9 Å². The Hall–Kier alpha value is -4.99. The van der Waals surface area contributed by atoms with Crippen LogP contribution in [0.25, 0.3) is 33.3 Å². The summed E-state index contributed by atoms with van der Waals surface area (Å²) < 4.78 is 7.48. The second-order valence-corrected chi connectivity index (χ2v) is 10.4. The molecule has 0 radical (unpaired) electrons. The van der Waals surface area contributed by atoms with Gasteiger partial charge in [0.05, 0.1) is 23.7 Å². The molecule has 10 nitrogen and oxygen atoms in total. The predicted octanol–water partition coefficient (Wildman–Crippen LogP) is 5.67. The van der Waals surface area contributed by atoms with E-state index in [1.807, 2.05) is 6.07 Å². The number of carbonyl (C=O) groups is 2. The molecule has 0 aliphatic heterocycles. The number of fused-ring (bicyclic) bond motifs is 2. The number of aromatic hydroxyl groups is 2. The molecule has 0 saturated heterocycles. The summed E-state index contributed by atoms with van der Waals surface area (Å²) in [7, 11) is 1.50. The topological polar surface area (TPSA) is 150 Å². The van der Waals surface area contributed by atoms with E-state index in [-0.39, 0.29) is 23.1 Å². The molecule has 210 valence electrons. The van der Waals surface area contributed by atoms with Crippen molar-refractivity contribution in [2.24, 2.45) is 0 Å². The van der Waals surface area contributed by atoms with Gasteiger partial charge in [0.2, 0.25) is 0 Å². The van der Waals surface area contributed by atoms with Crippen LogP contribution in [0.1, 0.15) is 60.1 Å². The number of aromatic nitrogens is 3. The number of carboxylic acids is 1. The third-order valence-electron chi connectivity index (χ3n) is 7.88. The van der Waals surface area contributed by atoms with Crippen molar-refractivity contribution in [2.45, 2.75) is 44.2 Å². The molecule has 1 saturated carbocycles. The monoisotopic (exact) mass is 554 g/mol. The van der Waals surface area contributed by atoms with Crippen molar-refractivity contribution in [1.82, 2.24) is 19.9 Å². The lowest BCUT2D eigenvalue weighted by Crippen LogP contribution is -2.33. The van der Waals surface area contributed by atoms with E-state index in [0.717, 1.165) is 31.2 Å². The number of hydrogen-bond acceptors (Lipinski definition) is 6. The van der Waals surface area contributed by atoms with Crippen LogP contribution in [-0.4, -0.2) is 48.8 Å². The summed E-state index contributed by atoms with van der Waals surface area (Å²) in [5.41, 5.74) is 3.14. The van der Waals surface area contributed by atoms with E-state index in [4.69, 9.17) is 9.72 Å². The summed E-state index contributed by atoms with van der Waals surface area (Å²) >= 11 is 0. The van der Waals surface area contributed by atoms with Crippen LogP contribution in [0.4, 0.5) is 0 Å². The molecule has 3 aromatic carbocycles. The summed E-state index contributed by atoms with van der Waals surface area (Å²) in [6.45, 7) is 0. The highest BCUT2D eigenvalue weighted by molar-refractivity contribution is 6.01. The van der Waals surface area contributed by atoms with Gasteiger partial charge in [-0.15, -0.1) is 0 Å². The molecule has 5 aromatic rings. The molecule has 10 heteroatoms. The first kappa shape index (κ1) is 26.2. The normalized spacial score (nSPS) is 14.8. The van der Waals surface area contributed by atoms with Crippen molar-refractivity contribution in [3.63, 3.8) is 0 Å². The van der Waals surface area contributed by atoms with Gasteiger partial charge in [-0.2, -0.15) is 0 Å². The maximum atomic E-state index is 13.4. The van der Waals surface area contributed by atoms with Crippen molar-refractivity contribution in [2.75, 3.05) is 7.11 Å². The van der Waals surface area contributed by atoms with Gasteiger partial charge >= 0.3 is 5.97 Å². The molecular weight excluding hydrogens is 524 g/mol. The number of rotatable bonds is 7. The van der Waals surface area contributed by atoms with E-state index in [9.17, 15) is 24.9 Å². The Labute approximate surface area is 235 Å². The van der Waals surface area contributed by atoms with Crippen LogP contribution < -0.4 is 10.1 Å². The number of hydrogen-bond donors (Lipinski definition) is 5. The summed E-state index contributed by atoms with van der Waals surface area (Å²) in [5, 5.41) is 34.0. The average molecular weight is 555 g/mol. The van der Waals surface area contributed by atoms with Crippen LogP contribution >= 0.6 is 0 Å². The van der Waals surface area contributed by atoms with Crippen LogP contribution in [0, 0.1) is 0 Å². The number of aliphatic carboxylic acids is 1. The fraction of sp³-hybridized carbons (Fsp3) is 0.258. The number of carboxylic acid groups (broad SMARTS) is 1. The number of nitrogens with zero attached hydrogens (tertiary/aromatic N) is 2. The summed E-state index contributed by atoms with van der Waals surface area (Å²) in [6, 6.07) is 13.8. The molecule has 0 spiro atoms. The molecule has 6 rings (SSSR count). The first-order chi connectivity index (χ1) is 19.9. The lowest BCUT2D eigenvalue weighted by molar-refractivity contribution is -0.139. The molecule has 1 aliphatic rings.